The van der Waals surface area contributed by atoms with E-state index in [2.05, 4.69) is 15.5 Å². The molecule has 1 amide bonds. The Morgan fingerprint density at radius 2 is 1.73 bits per heavy atom. The van der Waals surface area contributed by atoms with Crippen LogP contribution in [0.2, 0.25) is 0 Å². The fraction of sp³-hybridized carbons (Fsp3) is 0.609. The van der Waals surface area contributed by atoms with E-state index in [1.165, 1.54) is 23.5 Å². The highest BCUT2D eigenvalue weighted by atomic mass is 32.2. The summed E-state index contributed by atoms with van der Waals surface area (Å²) in [5.74, 6) is 0.571. The summed E-state index contributed by atoms with van der Waals surface area (Å²) in [4.78, 5) is 17.5. The highest BCUT2D eigenvalue weighted by Gasteiger charge is 2.33. The average Bonchev–Trinajstić information content (AvgIpc) is 3.11. The predicted octanol–water partition coefficient (Wildman–Crippen LogP) is 3.61. The second-order valence-electron chi connectivity index (χ2n) is 9.94. The average molecular weight is 479 g/mol. The van der Waals surface area contributed by atoms with Gasteiger partial charge in [-0.2, -0.15) is 9.29 Å². The molecule has 10 heteroatoms. The Labute approximate surface area is 195 Å². The molecule has 1 aromatic heterocycles. The Balaban J connectivity index is 1.89. The van der Waals surface area contributed by atoms with Gasteiger partial charge in [0.25, 0.3) is 5.91 Å². The van der Waals surface area contributed by atoms with Gasteiger partial charge in [-0.25, -0.2) is 8.42 Å². The molecule has 1 fully saturated rings. The van der Waals surface area contributed by atoms with E-state index < -0.39 is 21.5 Å². The minimum atomic E-state index is -3.80. The summed E-state index contributed by atoms with van der Waals surface area (Å²) in [5.41, 5.74) is -1.05. The molecule has 3 rings (SSSR count). The summed E-state index contributed by atoms with van der Waals surface area (Å²) in [5, 5.41) is 6.92. The molecule has 182 valence electrons. The fourth-order valence-electron chi connectivity index (χ4n) is 3.63. The number of nitrogens with one attached hydrogen (secondary N) is 1. The largest absolute Gasteiger partial charge is 0.495 e. The number of hydrogen-bond donors (Lipinski definition) is 1. The summed E-state index contributed by atoms with van der Waals surface area (Å²) in [7, 11) is -2.39. The van der Waals surface area contributed by atoms with Gasteiger partial charge in [0.05, 0.1) is 12.6 Å². The second-order valence-corrected chi connectivity index (χ2v) is 11.8. The number of nitrogens with zero attached hydrogens (tertiary/aromatic N) is 3. The lowest BCUT2D eigenvalue weighted by Gasteiger charge is -2.24. The number of benzene rings is 1. The predicted molar refractivity (Wildman–Crippen MR) is 124 cm³/mol. The molecular formula is C23H34N4O5S. The van der Waals surface area contributed by atoms with Crippen molar-refractivity contribution >= 4 is 15.9 Å². The zero-order valence-electron chi connectivity index (χ0n) is 20.3. The van der Waals surface area contributed by atoms with Crippen molar-refractivity contribution in [3.63, 3.8) is 0 Å². The maximum atomic E-state index is 13.4. The highest BCUT2D eigenvalue weighted by molar-refractivity contribution is 7.89. The summed E-state index contributed by atoms with van der Waals surface area (Å²) in [6.45, 7) is 10.3. The van der Waals surface area contributed by atoms with Gasteiger partial charge in [0.15, 0.2) is 5.82 Å². The molecule has 2 heterocycles. The van der Waals surface area contributed by atoms with Gasteiger partial charge in [0.1, 0.15) is 10.6 Å². The van der Waals surface area contributed by atoms with Crippen LogP contribution < -0.4 is 10.1 Å². The van der Waals surface area contributed by atoms with Crippen LogP contribution in [0, 0.1) is 0 Å². The molecule has 0 radical (unpaired) electrons. The van der Waals surface area contributed by atoms with Crippen molar-refractivity contribution in [1.82, 2.24) is 19.8 Å². The quantitative estimate of drug-likeness (QED) is 0.674. The lowest BCUT2D eigenvalue weighted by atomic mass is 9.97. The molecule has 0 spiro atoms. The van der Waals surface area contributed by atoms with E-state index in [0.717, 1.165) is 25.7 Å². The lowest BCUT2D eigenvalue weighted by molar-refractivity contribution is 0.0907. The van der Waals surface area contributed by atoms with E-state index in [9.17, 15) is 13.2 Å². The van der Waals surface area contributed by atoms with Gasteiger partial charge in [0, 0.05) is 24.1 Å². The van der Waals surface area contributed by atoms with Crippen LogP contribution in [0.3, 0.4) is 0 Å². The van der Waals surface area contributed by atoms with Crippen molar-refractivity contribution < 1.29 is 22.5 Å². The Morgan fingerprint density at radius 1 is 1.09 bits per heavy atom. The first-order valence-electron chi connectivity index (χ1n) is 11.2. The molecule has 0 unspecified atom stereocenters. The molecule has 33 heavy (non-hydrogen) atoms. The van der Waals surface area contributed by atoms with Gasteiger partial charge in [0.2, 0.25) is 15.9 Å². The first-order valence-corrected chi connectivity index (χ1v) is 12.7. The molecule has 0 atom stereocenters. The molecule has 1 aliphatic rings. The highest BCUT2D eigenvalue weighted by Crippen LogP contribution is 2.30. The third-order valence-electron chi connectivity index (χ3n) is 5.66. The second kappa shape index (κ2) is 9.42. The van der Waals surface area contributed by atoms with E-state index in [1.807, 2.05) is 20.8 Å². The third kappa shape index (κ3) is 5.55. The van der Waals surface area contributed by atoms with Crippen molar-refractivity contribution in [2.24, 2.45) is 0 Å². The third-order valence-corrected chi connectivity index (χ3v) is 7.58. The zero-order chi connectivity index (χ0) is 24.4. The van der Waals surface area contributed by atoms with Crippen LogP contribution in [0.25, 0.3) is 0 Å². The maximum absolute atomic E-state index is 13.4. The molecule has 0 aliphatic carbocycles. The van der Waals surface area contributed by atoms with Crippen molar-refractivity contribution in [2.45, 2.75) is 76.2 Å². The van der Waals surface area contributed by atoms with Crippen LogP contribution in [0.5, 0.6) is 5.75 Å². The normalized spacial score (nSPS) is 16.3. The number of ether oxygens (including phenoxy) is 1. The Kier molecular flexibility index (Phi) is 7.18. The number of hydrogen-bond acceptors (Lipinski definition) is 7. The van der Waals surface area contributed by atoms with Crippen molar-refractivity contribution in [3.8, 4) is 5.75 Å². The Bertz CT molecular complexity index is 1090. The van der Waals surface area contributed by atoms with Crippen LogP contribution in [0.4, 0.5) is 0 Å². The number of aromatic nitrogens is 2. The van der Waals surface area contributed by atoms with E-state index >= 15 is 0 Å². The van der Waals surface area contributed by atoms with Gasteiger partial charge in [-0.1, -0.05) is 38.8 Å². The van der Waals surface area contributed by atoms with Crippen molar-refractivity contribution in [3.05, 3.63) is 35.5 Å². The first-order chi connectivity index (χ1) is 15.4. The SMILES string of the molecule is COc1ccc(C(=O)NC(C)(C)c2noc(C(C)(C)C)n2)cc1S(=O)(=O)N1CCCCCC1. The topological polar surface area (TPSA) is 115 Å². The molecule has 0 bridgehead atoms. The molecular weight excluding hydrogens is 444 g/mol. The Hall–Kier alpha value is -2.46. The van der Waals surface area contributed by atoms with Crippen LogP contribution in [-0.2, 0) is 21.0 Å². The number of carbonyl (C=O) groups excluding carboxylic acids is 1. The standard InChI is InChI=1S/C23H34N4O5S/c1-22(2,3)21-24-20(26-32-21)23(4,5)25-19(28)16-11-12-17(31-6)18(15-16)33(29,30)27-13-9-7-8-10-14-27/h11-12,15H,7-10,13-14H2,1-6H3,(H,25,28). The number of rotatable bonds is 6. The molecule has 2 aromatic rings. The fourth-order valence-corrected chi connectivity index (χ4v) is 5.33. The zero-order valence-corrected chi connectivity index (χ0v) is 21.1. The monoisotopic (exact) mass is 478 g/mol. The van der Waals surface area contributed by atoms with Gasteiger partial charge in [-0.3, -0.25) is 4.79 Å². The maximum Gasteiger partial charge on any atom is 0.252 e. The summed E-state index contributed by atoms with van der Waals surface area (Å²) < 4.78 is 38.9. The molecule has 1 aromatic carbocycles. The molecule has 1 saturated heterocycles. The summed E-state index contributed by atoms with van der Waals surface area (Å²) in [6, 6.07) is 4.43. The lowest BCUT2D eigenvalue weighted by Crippen LogP contribution is -2.42. The van der Waals surface area contributed by atoms with E-state index in [1.54, 1.807) is 19.9 Å². The van der Waals surface area contributed by atoms with E-state index in [-0.39, 0.29) is 21.6 Å². The summed E-state index contributed by atoms with van der Waals surface area (Å²) >= 11 is 0. The van der Waals surface area contributed by atoms with E-state index in [0.29, 0.717) is 24.8 Å². The van der Waals surface area contributed by atoms with Crippen LogP contribution in [-0.4, -0.2) is 49.0 Å². The Morgan fingerprint density at radius 3 is 2.27 bits per heavy atom. The first kappa shape index (κ1) is 25.2. The minimum Gasteiger partial charge on any atom is -0.495 e. The van der Waals surface area contributed by atoms with Crippen molar-refractivity contribution in [1.29, 1.82) is 0 Å². The molecule has 1 N–H and O–H groups in total. The number of sulfonamides is 1. The van der Waals surface area contributed by atoms with Gasteiger partial charge in [-0.05, 0) is 44.9 Å². The van der Waals surface area contributed by atoms with E-state index in [4.69, 9.17) is 9.26 Å². The smallest absolute Gasteiger partial charge is 0.252 e. The van der Waals surface area contributed by atoms with Crippen molar-refractivity contribution in [2.75, 3.05) is 20.2 Å². The molecule has 1 aliphatic heterocycles. The van der Waals surface area contributed by atoms with Gasteiger partial charge >= 0.3 is 0 Å². The summed E-state index contributed by atoms with van der Waals surface area (Å²) in [6.07, 6.45) is 3.65. The van der Waals surface area contributed by atoms with Crippen LogP contribution in [0.15, 0.2) is 27.6 Å². The van der Waals surface area contributed by atoms with Gasteiger partial charge in [-0.15, -0.1) is 0 Å². The minimum absolute atomic E-state index is 0.00747. The van der Waals surface area contributed by atoms with Crippen LogP contribution in [0.1, 0.15) is 82.4 Å². The van der Waals surface area contributed by atoms with Gasteiger partial charge < -0.3 is 14.6 Å². The molecule has 0 saturated carbocycles. The van der Waals surface area contributed by atoms with Crippen LogP contribution >= 0.6 is 0 Å². The number of methoxy groups -OCH3 is 1. The molecule has 9 nitrogen and oxygen atoms in total. The number of carbonyl (C=O) groups is 1. The number of amides is 1.